The summed E-state index contributed by atoms with van der Waals surface area (Å²) in [5, 5.41) is 8.40. The van der Waals surface area contributed by atoms with Crippen molar-refractivity contribution in [3.8, 4) is 0 Å². The molecule has 25 heavy (non-hydrogen) atoms. The molecular weight excluding hydrogens is 320 g/mol. The van der Waals surface area contributed by atoms with Crippen LogP contribution in [-0.4, -0.2) is 53.6 Å². The van der Waals surface area contributed by atoms with Crippen LogP contribution in [0.3, 0.4) is 0 Å². The second kappa shape index (κ2) is 8.84. The Morgan fingerprint density at radius 3 is 2.72 bits per heavy atom. The van der Waals surface area contributed by atoms with Crippen LogP contribution in [0.1, 0.15) is 5.56 Å². The summed E-state index contributed by atoms with van der Waals surface area (Å²) in [7, 11) is 3.66. The number of amides is 3. The molecule has 3 amide bonds. The maximum atomic E-state index is 12.0. The Kier molecular flexibility index (Phi) is 6.53. The number of nitrogens with one attached hydrogen (secondary N) is 3. The van der Waals surface area contributed by atoms with Crippen LogP contribution in [-0.2, 0) is 11.3 Å². The number of hydrogen-bond donors (Lipinski definition) is 3. The van der Waals surface area contributed by atoms with E-state index in [4.69, 9.17) is 0 Å². The largest absolute Gasteiger partial charge is 0.336 e. The minimum atomic E-state index is -0.297. The third kappa shape index (κ3) is 6.27. The molecule has 0 saturated heterocycles. The molecule has 1 aromatic carbocycles. The number of imidazole rings is 1. The summed E-state index contributed by atoms with van der Waals surface area (Å²) in [5.74, 6) is -0.102. The molecule has 0 spiro atoms. The highest BCUT2D eigenvalue weighted by Gasteiger charge is 2.08. The molecule has 1 aromatic heterocycles. The third-order valence-electron chi connectivity index (χ3n) is 3.44. The average Bonchev–Trinajstić information content (AvgIpc) is 3.03. The lowest BCUT2D eigenvalue weighted by Gasteiger charge is -2.14. The summed E-state index contributed by atoms with van der Waals surface area (Å²) < 4.78 is 1.88. The molecule has 0 aliphatic carbocycles. The van der Waals surface area contributed by atoms with E-state index in [9.17, 15) is 9.59 Å². The van der Waals surface area contributed by atoms with Gasteiger partial charge in [0.1, 0.15) is 0 Å². The highest BCUT2D eigenvalue weighted by Crippen LogP contribution is 2.20. The molecule has 0 aliphatic rings. The van der Waals surface area contributed by atoms with E-state index in [1.807, 2.05) is 37.8 Å². The topological polar surface area (TPSA) is 91.3 Å². The van der Waals surface area contributed by atoms with E-state index in [1.165, 1.54) is 0 Å². The number of likely N-dealkylation sites (N-methyl/N-ethyl adjacent to an activating group) is 1. The van der Waals surface area contributed by atoms with Gasteiger partial charge < -0.3 is 25.4 Å². The normalized spacial score (nSPS) is 10.6. The van der Waals surface area contributed by atoms with Gasteiger partial charge in [0.15, 0.2) is 0 Å². The lowest BCUT2D eigenvalue weighted by molar-refractivity contribution is -0.116. The minimum absolute atomic E-state index is 0.102. The Balaban J connectivity index is 1.87. The summed E-state index contributed by atoms with van der Waals surface area (Å²) in [6.07, 6.45) is 5.23. The van der Waals surface area contributed by atoms with Crippen molar-refractivity contribution in [1.82, 2.24) is 19.8 Å². The molecule has 3 N–H and O–H groups in total. The van der Waals surface area contributed by atoms with Gasteiger partial charge in [0.2, 0.25) is 5.91 Å². The van der Waals surface area contributed by atoms with Gasteiger partial charge in [-0.15, -0.1) is 0 Å². The molecule has 8 heteroatoms. The van der Waals surface area contributed by atoms with E-state index >= 15 is 0 Å². The van der Waals surface area contributed by atoms with E-state index in [0.717, 1.165) is 5.56 Å². The number of hydrogen-bond acceptors (Lipinski definition) is 4. The molecule has 1 heterocycles. The first-order chi connectivity index (χ1) is 11.9. The molecule has 2 aromatic rings. The molecule has 0 atom stereocenters. The number of urea groups is 1. The fourth-order valence-corrected chi connectivity index (χ4v) is 2.20. The number of carbonyl (C=O) groups is 2. The van der Waals surface area contributed by atoms with Crippen molar-refractivity contribution < 1.29 is 9.59 Å². The number of aromatic nitrogens is 2. The Bertz CT molecular complexity index is 712. The monoisotopic (exact) mass is 344 g/mol. The lowest BCUT2D eigenvalue weighted by atomic mass is 10.1. The smallest absolute Gasteiger partial charge is 0.319 e. The highest BCUT2D eigenvalue weighted by atomic mass is 16.2. The van der Waals surface area contributed by atoms with Gasteiger partial charge in [0, 0.05) is 36.9 Å². The number of aryl methyl sites for hydroxylation is 1. The zero-order valence-corrected chi connectivity index (χ0v) is 14.7. The van der Waals surface area contributed by atoms with Crippen LogP contribution in [0.5, 0.6) is 0 Å². The molecule has 2 rings (SSSR count). The fraction of sp³-hybridized carbons (Fsp3) is 0.353. The van der Waals surface area contributed by atoms with Crippen molar-refractivity contribution in [2.24, 2.45) is 0 Å². The number of anilines is 2. The summed E-state index contributed by atoms with van der Waals surface area (Å²) in [4.78, 5) is 29.6. The van der Waals surface area contributed by atoms with E-state index < -0.39 is 0 Å². The maximum absolute atomic E-state index is 12.0. The highest BCUT2D eigenvalue weighted by molar-refractivity contribution is 5.95. The van der Waals surface area contributed by atoms with Gasteiger partial charge in [0.25, 0.3) is 0 Å². The predicted octanol–water partition coefficient (Wildman–Crippen LogP) is 1.51. The van der Waals surface area contributed by atoms with E-state index in [2.05, 4.69) is 20.9 Å². The van der Waals surface area contributed by atoms with Crippen molar-refractivity contribution in [3.05, 3.63) is 42.5 Å². The van der Waals surface area contributed by atoms with E-state index in [1.54, 1.807) is 29.6 Å². The van der Waals surface area contributed by atoms with Crippen molar-refractivity contribution in [3.63, 3.8) is 0 Å². The average molecular weight is 344 g/mol. The van der Waals surface area contributed by atoms with Gasteiger partial charge in [0.05, 0.1) is 12.9 Å². The fourth-order valence-electron chi connectivity index (χ4n) is 2.20. The van der Waals surface area contributed by atoms with Gasteiger partial charge >= 0.3 is 6.03 Å². The van der Waals surface area contributed by atoms with E-state index in [0.29, 0.717) is 31.0 Å². The minimum Gasteiger partial charge on any atom is -0.336 e. The van der Waals surface area contributed by atoms with Crippen LogP contribution in [0.4, 0.5) is 16.2 Å². The Hall–Kier alpha value is -2.87. The zero-order valence-electron chi connectivity index (χ0n) is 14.7. The molecule has 0 bridgehead atoms. The predicted molar refractivity (Wildman–Crippen MR) is 97.6 cm³/mol. The standard InChI is InChI=1S/C17H24N6O2/c1-13-4-5-14(10-15(13)21-16(24)11-22(2)3)20-17(25)19-7-9-23-8-6-18-12-23/h4-6,8,10,12H,7,9,11H2,1-3H3,(H,21,24)(H2,19,20,25). The van der Waals surface area contributed by atoms with E-state index in [-0.39, 0.29) is 11.9 Å². The molecule has 0 aliphatic heterocycles. The SMILES string of the molecule is Cc1ccc(NC(=O)NCCn2ccnc2)cc1NC(=O)CN(C)C. The lowest BCUT2D eigenvalue weighted by Crippen LogP contribution is -2.31. The summed E-state index contributed by atoms with van der Waals surface area (Å²) in [6.45, 7) is 3.33. The quantitative estimate of drug-likeness (QED) is 0.710. The number of nitrogens with zero attached hydrogens (tertiary/aromatic N) is 3. The molecule has 134 valence electrons. The van der Waals surface area contributed by atoms with Gasteiger partial charge in [-0.2, -0.15) is 0 Å². The zero-order chi connectivity index (χ0) is 18.2. The van der Waals surface area contributed by atoms with Crippen LogP contribution >= 0.6 is 0 Å². The van der Waals surface area contributed by atoms with Gasteiger partial charge in [-0.25, -0.2) is 9.78 Å². The second-order valence-electron chi connectivity index (χ2n) is 6.00. The van der Waals surface area contributed by atoms with Crippen LogP contribution < -0.4 is 16.0 Å². The second-order valence-corrected chi connectivity index (χ2v) is 6.00. The first-order valence-corrected chi connectivity index (χ1v) is 8.00. The molecular formula is C17H24N6O2. The van der Waals surface area contributed by atoms with Gasteiger partial charge in [-0.1, -0.05) is 6.07 Å². The summed E-state index contributed by atoms with van der Waals surface area (Å²) in [5.41, 5.74) is 2.23. The number of carbonyl (C=O) groups excluding carboxylic acids is 2. The molecule has 0 saturated carbocycles. The Morgan fingerprint density at radius 2 is 2.04 bits per heavy atom. The van der Waals surface area contributed by atoms with Crippen molar-refractivity contribution in [2.75, 3.05) is 37.8 Å². The summed E-state index contributed by atoms with van der Waals surface area (Å²) >= 11 is 0. The van der Waals surface area contributed by atoms with Gasteiger partial charge in [-0.05, 0) is 38.7 Å². The first kappa shape index (κ1) is 18.5. The van der Waals surface area contributed by atoms with Crippen LogP contribution in [0.25, 0.3) is 0 Å². The van der Waals surface area contributed by atoms with Crippen molar-refractivity contribution in [2.45, 2.75) is 13.5 Å². The maximum Gasteiger partial charge on any atom is 0.319 e. The molecule has 0 unspecified atom stereocenters. The molecule has 0 fully saturated rings. The Morgan fingerprint density at radius 1 is 1.24 bits per heavy atom. The summed E-state index contributed by atoms with van der Waals surface area (Å²) in [6, 6.07) is 5.10. The Labute approximate surface area is 147 Å². The van der Waals surface area contributed by atoms with Crippen LogP contribution in [0.2, 0.25) is 0 Å². The molecule has 8 nitrogen and oxygen atoms in total. The first-order valence-electron chi connectivity index (χ1n) is 8.00. The van der Waals surface area contributed by atoms with Crippen LogP contribution in [0.15, 0.2) is 36.9 Å². The number of benzene rings is 1. The van der Waals surface area contributed by atoms with Crippen LogP contribution in [0, 0.1) is 6.92 Å². The van der Waals surface area contributed by atoms with Crippen molar-refractivity contribution in [1.29, 1.82) is 0 Å². The number of rotatable bonds is 7. The van der Waals surface area contributed by atoms with Crippen molar-refractivity contribution >= 4 is 23.3 Å². The third-order valence-corrected chi connectivity index (χ3v) is 3.44. The van der Waals surface area contributed by atoms with Gasteiger partial charge in [-0.3, -0.25) is 4.79 Å². The molecule has 0 radical (unpaired) electrons.